The maximum absolute atomic E-state index is 11.7. The van der Waals surface area contributed by atoms with E-state index in [4.69, 9.17) is 4.74 Å². The lowest BCUT2D eigenvalue weighted by Crippen LogP contribution is -2.33. The third-order valence-corrected chi connectivity index (χ3v) is 5.97. The lowest BCUT2D eigenvalue weighted by atomic mass is 9.66. The summed E-state index contributed by atoms with van der Waals surface area (Å²) >= 11 is 0. The van der Waals surface area contributed by atoms with Gasteiger partial charge in [-0.25, -0.2) is 0 Å². The molecule has 0 aromatic heterocycles. The van der Waals surface area contributed by atoms with Crippen LogP contribution in [0.1, 0.15) is 76.1 Å². The molecule has 0 N–H and O–H groups in total. The second-order valence-corrected chi connectivity index (χ2v) is 8.72. The first-order chi connectivity index (χ1) is 11.5. The Hall–Kier alpha value is -1.31. The fourth-order valence-corrected chi connectivity index (χ4v) is 4.22. The molecule has 24 heavy (non-hydrogen) atoms. The second-order valence-electron chi connectivity index (χ2n) is 8.72. The SMILES string of the molecule is CCC(=O)c1ccc(OC[C@H]2CC(C)(C)CCC2CC2CC2)cc1. The minimum absolute atomic E-state index is 0.195. The highest BCUT2D eigenvalue weighted by atomic mass is 16.5. The summed E-state index contributed by atoms with van der Waals surface area (Å²) in [5.41, 5.74) is 1.24. The van der Waals surface area contributed by atoms with E-state index in [2.05, 4.69) is 13.8 Å². The van der Waals surface area contributed by atoms with Gasteiger partial charge in [0.2, 0.25) is 0 Å². The quantitative estimate of drug-likeness (QED) is 0.582. The molecule has 2 nitrogen and oxygen atoms in total. The van der Waals surface area contributed by atoms with E-state index >= 15 is 0 Å². The Morgan fingerprint density at radius 1 is 1.12 bits per heavy atom. The van der Waals surface area contributed by atoms with Crippen LogP contribution < -0.4 is 4.74 Å². The fraction of sp³-hybridized carbons (Fsp3) is 0.682. The van der Waals surface area contributed by atoms with Crippen LogP contribution in [0.15, 0.2) is 24.3 Å². The van der Waals surface area contributed by atoms with E-state index in [0.717, 1.165) is 29.8 Å². The van der Waals surface area contributed by atoms with Crippen LogP contribution in [-0.2, 0) is 0 Å². The molecular formula is C22H32O2. The standard InChI is InChI=1S/C22H32O2/c1-4-21(23)17-7-9-20(10-8-17)24-15-19-14-22(2,3)12-11-18(19)13-16-5-6-16/h7-10,16,18-19H,4-6,11-15H2,1-3H3/t18?,19-/m1/s1. The summed E-state index contributed by atoms with van der Waals surface area (Å²) < 4.78 is 6.13. The zero-order chi connectivity index (χ0) is 17.2. The highest BCUT2D eigenvalue weighted by Crippen LogP contribution is 2.47. The predicted molar refractivity (Wildman–Crippen MR) is 98.5 cm³/mol. The maximum atomic E-state index is 11.7. The third kappa shape index (κ3) is 4.62. The first-order valence-corrected chi connectivity index (χ1v) is 9.73. The van der Waals surface area contributed by atoms with Crippen LogP contribution in [0.3, 0.4) is 0 Å². The van der Waals surface area contributed by atoms with E-state index in [1.807, 2.05) is 31.2 Å². The zero-order valence-corrected chi connectivity index (χ0v) is 15.5. The van der Waals surface area contributed by atoms with Gasteiger partial charge in [-0.3, -0.25) is 4.79 Å². The summed E-state index contributed by atoms with van der Waals surface area (Å²) in [7, 11) is 0. The molecule has 3 rings (SSSR count). The van der Waals surface area contributed by atoms with E-state index in [9.17, 15) is 4.79 Å². The summed E-state index contributed by atoms with van der Waals surface area (Å²) in [5, 5.41) is 0. The zero-order valence-electron chi connectivity index (χ0n) is 15.5. The number of rotatable bonds is 7. The van der Waals surface area contributed by atoms with Crippen molar-refractivity contribution >= 4 is 5.78 Å². The van der Waals surface area contributed by atoms with Crippen molar-refractivity contribution in [1.82, 2.24) is 0 Å². The molecule has 2 aliphatic carbocycles. The van der Waals surface area contributed by atoms with Crippen molar-refractivity contribution in [2.75, 3.05) is 6.61 Å². The molecule has 0 radical (unpaired) electrons. The lowest BCUT2D eigenvalue weighted by molar-refractivity contribution is 0.0694. The summed E-state index contributed by atoms with van der Waals surface area (Å²) in [6, 6.07) is 7.70. The molecule has 0 saturated heterocycles. The van der Waals surface area contributed by atoms with Crippen molar-refractivity contribution < 1.29 is 9.53 Å². The Morgan fingerprint density at radius 3 is 2.46 bits per heavy atom. The minimum atomic E-state index is 0.195. The summed E-state index contributed by atoms with van der Waals surface area (Å²) in [6.45, 7) is 7.52. The van der Waals surface area contributed by atoms with Gasteiger partial charge < -0.3 is 4.74 Å². The first kappa shape index (κ1) is 17.5. The third-order valence-electron chi connectivity index (χ3n) is 5.97. The maximum Gasteiger partial charge on any atom is 0.162 e. The number of hydrogen-bond donors (Lipinski definition) is 0. The Labute approximate surface area is 147 Å². The predicted octanol–water partition coefficient (Wildman–Crippen LogP) is 5.90. The monoisotopic (exact) mass is 328 g/mol. The molecule has 1 aromatic rings. The second kappa shape index (κ2) is 7.29. The van der Waals surface area contributed by atoms with Crippen molar-refractivity contribution in [3.05, 3.63) is 29.8 Å². The number of ketones is 1. The van der Waals surface area contributed by atoms with Gasteiger partial charge in [0, 0.05) is 12.0 Å². The van der Waals surface area contributed by atoms with E-state index in [0.29, 0.717) is 17.8 Å². The molecule has 0 aliphatic heterocycles. The van der Waals surface area contributed by atoms with Gasteiger partial charge in [0.15, 0.2) is 5.78 Å². The number of carbonyl (C=O) groups is 1. The first-order valence-electron chi connectivity index (χ1n) is 9.73. The van der Waals surface area contributed by atoms with E-state index in [1.165, 1.54) is 38.5 Å². The van der Waals surface area contributed by atoms with Crippen LogP contribution in [0.2, 0.25) is 0 Å². The largest absolute Gasteiger partial charge is 0.493 e. The molecule has 0 heterocycles. The highest BCUT2D eigenvalue weighted by Gasteiger charge is 2.37. The van der Waals surface area contributed by atoms with Crippen LogP contribution in [0.25, 0.3) is 0 Å². The smallest absolute Gasteiger partial charge is 0.162 e. The van der Waals surface area contributed by atoms with Crippen molar-refractivity contribution in [2.45, 2.75) is 65.7 Å². The molecule has 0 spiro atoms. The molecule has 0 bridgehead atoms. The van der Waals surface area contributed by atoms with Gasteiger partial charge in [-0.05, 0) is 73.1 Å². The fourth-order valence-electron chi connectivity index (χ4n) is 4.22. The van der Waals surface area contributed by atoms with Gasteiger partial charge in [-0.1, -0.05) is 33.6 Å². The van der Waals surface area contributed by atoms with Crippen molar-refractivity contribution in [2.24, 2.45) is 23.2 Å². The molecule has 2 aliphatic rings. The molecule has 0 amide bonds. The average molecular weight is 328 g/mol. The van der Waals surface area contributed by atoms with Crippen LogP contribution >= 0.6 is 0 Å². The minimum Gasteiger partial charge on any atom is -0.493 e. The number of Topliss-reactive ketones (excluding diaryl/α,β-unsaturated/α-hetero) is 1. The number of ether oxygens (including phenoxy) is 1. The van der Waals surface area contributed by atoms with E-state index in [1.54, 1.807) is 0 Å². The molecule has 2 heteroatoms. The van der Waals surface area contributed by atoms with Gasteiger partial charge in [-0.15, -0.1) is 0 Å². The molecule has 2 fully saturated rings. The Kier molecular flexibility index (Phi) is 5.32. The van der Waals surface area contributed by atoms with Gasteiger partial charge >= 0.3 is 0 Å². The normalized spacial score (nSPS) is 26.1. The Bertz CT molecular complexity index is 554. The van der Waals surface area contributed by atoms with Gasteiger partial charge in [0.05, 0.1) is 6.61 Å². The summed E-state index contributed by atoms with van der Waals surface area (Å²) in [5.74, 6) is 3.60. The molecule has 1 aromatic carbocycles. The Balaban J connectivity index is 1.58. The topological polar surface area (TPSA) is 26.3 Å². The van der Waals surface area contributed by atoms with E-state index < -0.39 is 0 Å². The van der Waals surface area contributed by atoms with Gasteiger partial charge in [0.25, 0.3) is 0 Å². The summed E-state index contributed by atoms with van der Waals surface area (Å²) in [4.78, 5) is 11.7. The van der Waals surface area contributed by atoms with Gasteiger partial charge in [0.1, 0.15) is 5.75 Å². The van der Waals surface area contributed by atoms with E-state index in [-0.39, 0.29) is 5.78 Å². The number of benzene rings is 1. The van der Waals surface area contributed by atoms with Crippen LogP contribution in [0.4, 0.5) is 0 Å². The van der Waals surface area contributed by atoms with Crippen molar-refractivity contribution in [3.8, 4) is 5.75 Å². The molecule has 2 atom stereocenters. The lowest BCUT2D eigenvalue weighted by Gasteiger charge is -2.41. The molecule has 132 valence electrons. The van der Waals surface area contributed by atoms with Crippen LogP contribution in [0, 0.1) is 23.2 Å². The average Bonchev–Trinajstić information content (AvgIpc) is 3.38. The molecular weight excluding hydrogens is 296 g/mol. The van der Waals surface area contributed by atoms with Crippen molar-refractivity contribution in [3.63, 3.8) is 0 Å². The number of carbonyl (C=O) groups excluding carboxylic acids is 1. The van der Waals surface area contributed by atoms with Crippen LogP contribution in [0.5, 0.6) is 5.75 Å². The van der Waals surface area contributed by atoms with Gasteiger partial charge in [-0.2, -0.15) is 0 Å². The Morgan fingerprint density at radius 2 is 1.83 bits per heavy atom. The van der Waals surface area contributed by atoms with Crippen molar-refractivity contribution in [1.29, 1.82) is 0 Å². The van der Waals surface area contributed by atoms with Crippen LogP contribution in [-0.4, -0.2) is 12.4 Å². The number of hydrogen-bond acceptors (Lipinski definition) is 2. The molecule has 2 saturated carbocycles. The molecule has 1 unspecified atom stereocenters. The highest BCUT2D eigenvalue weighted by molar-refractivity contribution is 5.95. The summed E-state index contributed by atoms with van der Waals surface area (Å²) in [6.07, 6.45) is 8.85.